The van der Waals surface area contributed by atoms with Crippen molar-refractivity contribution in [2.45, 2.75) is 103 Å². The van der Waals surface area contributed by atoms with E-state index in [0.29, 0.717) is 17.7 Å². The zero-order valence-electron chi connectivity index (χ0n) is 20.7. The van der Waals surface area contributed by atoms with E-state index < -0.39 is 18.5 Å². The predicted octanol–water partition coefficient (Wildman–Crippen LogP) is 7.01. The Morgan fingerprint density at radius 3 is 2.44 bits per heavy atom. The van der Waals surface area contributed by atoms with Crippen LogP contribution in [-0.2, 0) is 11.2 Å². The lowest BCUT2D eigenvalue weighted by molar-refractivity contribution is -0.141. The summed E-state index contributed by atoms with van der Waals surface area (Å²) in [6.07, 6.45) is -0.337. The number of ketones is 1. The van der Waals surface area contributed by atoms with Gasteiger partial charge < -0.3 is 4.57 Å². The molecule has 34 heavy (non-hydrogen) atoms. The molecule has 1 heterocycles. The maximum Gasteiger partial charge on any atom is 0.389 e. The highest BCUT2D eigenvalue weighted by Crippen LogP contribution is 2.48. The highest BCUT2D eigenvalue weighted by molar-refractivity contribution is 5.82. The van der Waals surface area contributed by atoms with E-state index in [1.165, 1.54) is 6.42 Å². The molecule has 0 spiro atoms. The molecule has 0 radical (unpaired) electrons. The lowest BCUT2D eigenvalue weighted by atomic mass is 9.71. The summed E-state index contributed by atoms with van der Waals surface area (Å²) in [4.78, 5) is 12.9. The molecule has 4 nitrogen and oxygen atoms in total. The zero-order chi connectivity index (χ0) is 24.6. The van der Waals surface area contributed by atoms with Crippen molar-refractivity contribution in [3.8, 4) is 0 Å². The number of hydrogen-bond acceptors (Lipinski definition) is 3. The maximum atomic E-state index is 13.6. The number of aryl methyl sites for hydroxylation is 2. The minimum Gasteiger partial charge on any atom is -0.311 e. The van der Waals surface area contributed by atoms with Crippen LogP contribution in [0.5, 0.6) is 0 Å². The molecule has 186 valence electrons. The van der Waals surface area contributed by atoms with Crippen molar-refractivity contribution >= 4 is 5.78 Å². The molecule has 4 rings (SSSR count). The van der Waals surface area contributed by atoms with Gasteiger partial charge in [-0.1, -0.05) is 37.6 Å². The second kappa shape index (κ2) is 9.82. The Morgan fingerprint density at radius 2 is 1.85 bits per heavy atom. The van der Waals surface area contributed by atoms with Crippen molar-refractivity contribution in [1.29, 1.82) is 0 Å². The first-order valence-electron chi connectivity index (χ1n) is 12.6. The second-order valence-electron chi connectivity index (χ2n) is 11.0. The molecule has 2 aromatic rings. The molecular weight excluding hydrogens is 439 g/mol. The van der Waals surface area contributed by atoms with Gasteiger partial charge in [0.25, 0.3) is 0 Å². The lowest BCUT2D eigenvalue weighted by Gasteiger charge is -2.36. The number of Topliss-reactive ketones (excluding diaryl/α,β-unsaturated/α-hetero) is 1. The van der Waals surface area contributed by atoms with E-state index in [1.54, 1.807) is 0 Å². The number of nitrogens with zero attached hydrogens (tertiary/aromatic N) is 3. The first-order chi connectivity index (χ1) is 16.0. The first kappa shape index (κ1) is 24.9. The summed E-state index contributed by atoms with van der Waals surface area (Å²) < 4.78 is 42.7. The van der Waals surface area contributed by atoms with Crippen LogP contribution in [-0.4, -0.2) is 26.7 Å². The SMILES string of the molecule is Cc1ccc(CC(=O)C[C@H](CC(F)(F)F)c2nnc(C3CC(CC(C)C)C3)n2C2CC2)c(C)c1. The van der Waals surface area contributed by atoms with Gasteiger partial charge in [0.2, 0.25) is 0 Å². The molecule has 1 atom stereocenters. The molecule has 7 heteroatoms. The summed E-state index contributed by atoms with van der Waals surface area (Å²) in [5.41, 5.74) is 2.96. The van der Waals surface area contributed by atoms with E-state index >= 15 is 0 Å². The monoisotopic (exact) mass is 475 g/mol. The van der Waals surface area contributed by atoms with Crippen molar-refractivity contribution in [3.05, 3.63) is 46.5 Å². The molecule has 2 aliphatic rings. The summed E-state index contributed by atoms with van der Waals surface area (Å²) in [5.74, 6) is 1.58. The fraction of sp³-hybridized carbons (Fsp3) is 0.667. The number of benzene rings is 1. The molecule has 0 N–H and O–H groups in total. The van der Waals surface area contributed by atoms with Crippen LogP contribution in [0.3, 0.4) is 0 Å². The summed E-state index contributed by atoms with van der Waals surface area (Å²) in [6, 6.07) is 6.01. The highest BCUT2D eigenvalue weighted by Gasteiger charge is 2.42. The average Bonchev–Trinajstić information content (AvgIpc) is 3.43. The minimum atomic E-state index is -4.37. The van der Waals surface area contributed by atoms with Crippen LogP contribution in [0.25, 0.3) is 0 Å². The van der Waals surface area contributed by atoms with Crippen LogP contribution in [0.1, 0.15) is 105 Å². The Balaban J connectivity index is 1.54. The standard InChI is InChI=1S/C27H36F3N3O/c1-16(2)9-19-11-21(12-19)25-31-32-26(33(25)23-7-8-23)22(15-27(28,29)30)14-24(34)13-20-6-5-17(3)10-18(20)4/h5-6,10,16,19,21-23H,7-9,11-15H2,1-4H3/t19?,21?,22-/m1/s1. The Morgan fingerprint density at radius 1 is 1.15 bits per heavy atom. The van der Waals surface area contributed by atoms with Crippen molar-refractivity contribution in [2.75, 3.05) is 0 Å². The second-order valence-corrected chi connectivity index (χ2v) is 11.0. The predicted molar refractivity (Wildman–Crippen MR) is 126 cm³/mol. The Kier molecular flexibility index (Phi) is 7.20. The molecule has 1 aromatic carbocycles. The Hall–Kier alpha value is -2.18. The molecule has 0 unspecified atom stereocenters. The number of hydrogen-bond donors (Lipinski definition) is 0. The summed E-state index contributed by atoms with van der Waals surface area (Å²) in [6.45, 7) is 8.35. The summed E-state index contributed by atoms with van der Waals surface area (Å²) >= 11 is 0. The van der Waals surface area contributed by atoms with Gasteiger partial charge in [-0.2, -0.15) is 13.2 Å². The fourth-order valence-electron chi connectivity index (χ4n) is 5.52. The zero-order valence-corrected chi connectivity index (χ0v) is 20.7. The van der Waals surface area contributed by atoms with Crippen LogP contribution in [0, 0.1) is 25.7 Å². The van der Waals surface area contributed by atoms with Gasteiger partial charge in [0.1, 0.15) is 17.4 Å². The smallest absolute Gasteiger partial charge is 0.311 e. The van der Waals surface area contributed by atoms with Gasteiger partial charge in [0.05, 0.1) is 6.42 Å². The van der Waals surface area contributed by atoms with Gasteiger partial charge in [0, 0.05) is 30.7 Å². The van der Waals surface area contributed by atoms with Gasteiger partial charge in [-0.05, 0) is 68.9 Å². The Labute approximate surface area is 200 Å². The number of carbonyl (C=O) groups excluding carboxylic acids is 1. The Bertz CT molecular complexity index is 1020. The number of alkyl halides is 3. The van der Waals surface area contributed by atoms with E-state index in [2.05, 4.69) is 24.0 Å². The largest absolute Gasteiger partial charge is 0.389 e. The van der Waals surface area contributed by atoms with Crippen molar-refractivity contribution in [1.82, 2.24) is 14.8 Å². The molecule has 2 fully saturated rings. The van der Waals surface area contributed by atoms with Crippen molar-refractivity contribution in [3.63, 3.8) is 0 Å². The maximum absolute atomic E-state index is 13.6. The van der Waals surface area contributed by atoms with Crippen LogP contribution in [0.15, 0.2) is 18.2 Å². The lowest BCUT2D eigenvalue weighted by Crippen LogP contribution is -2.27. The topological polar surface area (TPSA) is 47.8 Å². The number of carbonyl (C=O) groups is 1. The van der Waals surface area contributed by atoms with Gasteiger partial charge in [-0.25, -0.2) is 0 Å². The van der Waals surface area contributed by atoms with Crippen LogP contribution in [0.4, 0.5) is 13.2 Å². The first-order valence-corrected chi connectivity index (χ1v) is 12.6. The average molecular weight is 476 g/mol. The molecule has 0 aliphatic heterocycles. The van der Waals surface area contributed by atoms with Gasteiger partial charge in [-0.3, -0.25) is 4.79 Å². The van der Waals surface area contributed by atoms with Gasteiger partial charge in [-0.15, -0.1) is 10.2 Å². The highest BCUT2D eigenvalue weighted by atomic mass is 19.4. The summed E-state index contributed by atoms with van der Waals surface area (Å²) in [5, 5.41) is 8.71. The van der Waals surface area contributed by atoms with Crippen LogP contribution < -0.4 is 0 Å². The van der Waals surface area contributed by atoms with Gasteiger partial charge in [0.15, 0.2) is 0 Å². The number of halogens is 3. The number of aromatic nitrogens is 3. The molecule has 2 saturated carbocycles. The van der Waals surface area contributed by atoms with E-state index in [1.807, 2.05) is 36.6 Å². The summed E-state index contributed by atoms with van der Waals surface area (Å²) in [7, 11) is 0. The molecule has 1 aromatic heterocycles. The minimum absolute atomic E-state index is 0.143. The molecule has 0 amide bonds. The van der Waals surface area contributed by atoms with E-state index in [0.717, 1.165) is 48.2 Å². The van der Waals surface area contributed by atoms with Crippen LogP contribution in [0.2, 0.25) is 0 Å². The van der Waals surface area contributed by atoms with E-state index in [4.69, 9.17) is 0 Å². The molecule has 0 saturated heterocycles. The third-order valence-electron chi connectivity index (χ3n) is 7.27. The quantitative estimate of drug-likeness (QED) is 0.371. The third-order valence-corrected chi connectivity index (χ3v) is 7.27. The van der Waals surface area contributed by atoms with Gasteiger partial charge >= 0.3 is 6.18 Å². The molecule has 2 aliphatic carbocycles. The fourth-order valence-corrected chi connectivity index (χ4v) is 5.52. The number of rotatable bonds is 10. The van der Waals surface area contributed by atoms with Crippen molar-refractivity contribution in [2.24, 2.45) is 11.8 Å². The molecule has 0 bridgehead atoms. The molecular formula is C27H36F3N3O. The van der Waals surface area contributed by atoms with Crippen LogP contribution >= 0.6 is 0 Å². The normalized spacial score (nSPS) is 21.5. The van der Waals surface area contributed by atoms with E-state index in [-0.39, 0.29) is 30.6 Å². The van der Waals surface area contributed by atoms with E-state index in [9.17, 15) is 18.0 Å². The third kappa shape index (κ3) is 6.08. The van der Waals surface area contributed by atoms with Crippen molar-refractivity contribution < 1.29 is 18.0 Å².